The first kappa shape index (κ1) is 12.4. The summed E-state index contributed by atoms with van der Waals surface area (Å²) in [5.41, 5.74) is 1.29. The van der Waals surface area contributed by atoms with Crippen molar-refractivity contribution in [2.24, 2.45) is 0 Å². The van der Waals surface area contributed by atoms with Crippen molar-refractivity contribution < 1.29 is 10.0 Å². The predicted octanol–water partition coefficient (Wildman–Crippen LogP) is 1.85. The van der Waals surface area contributed by atoms with Gasteiger partial charge in [-0.2, -0.15) is 0 Å². The number of non-ortho nitro benzene ring substituents is 1. The number of aromatic nitrogens is 2. The largest absolute Gasteiger partial charge is 0.393 e. The molecule has 2 rings (SSSR count). The highest BCUT2D eigenvalue weighted by atomic mass is 16.6. The van der Waals surface area contributed by atoms with Gasteiger partial charge in [-0.1, -0.05) is 6.92 Å². The number of nitro benzene ring substituents is 1. The second-order valence-corrected chi connectivity index (χ2v) is 4.05. The Hall–Kier alpha value is -2.08. The molecule has 0 bridgehead atoms. The summed E-state index contributed by atoms with van der Waals surface area (Å²) in [5.74, 6) is 0. The van der Waals surface area contributed by atoms with Crippen molar-refractivity contribution in [1.82, 2.24) is 9.97 Å². The predicted molar refractivity (Wildman–Crippen MR) is 66.2 cm³/mol. The summed E-state index contributed by atoms with van der Waals surface area (Å²) < 4.78 is 0. The lowest BCUT2D eigenvalue weighted by atomic mass is 10.1. The molecule has 6 nitrogen and oxygen atoms in total. The molecule has 1 atom stereocenters. The average Bonchev–Trinajstić information content (AvgIpc) is 2.38. The normalized spacial score (nSPS) is 12.6. The maximum atomic E-state index is 10.7. The van der Waals surface area contributed by atoms with Gasteiger partial charge in [-0.25, -0.2) is 9.97 Å². The van der Waals surface area contributed by atoms with Gasteiger partial charge in [-0.05, 0) is 12.5 Å². The lowest BCUT2D eigenvalue weighted by molar-refractivity contribution is -0.384. The van der Waals surface area contributed by atoms with Crippen LogP contribution in [0.2, 0.25) is 0 Å². The molecule has 2 aromatic rings. The number of benzene rings is 1. The van der Waals surface area contributed by atoms with Crippen LogP contribution in [-0.2, 0) is 6.42 Å². The summed E-state index contributed by atoms with van der Waals surface area (Å²) in [7, 11) is 0. The van der Waals surface area contributed by atoms with Crippen LogP contribution in [0.5, 0.6) is 0 Å². The van der Waals surface area contributed by atoms with Gasteiger partial charge in [0.2, 0.25) is 0 Å². The third-order valence-corrected chi connectivity index (χ3v) is 2.81. The fourth-order valence-electron chi connectivity index (χ4n) is 1.74. The zero-order valence-electron chi connectivity index (χ0n) is 9.91. The molecular formula is C12H13N3O3. The molecule has 0 saturated carbocycles. The third kappa shape index (κ3) is 2.43. The lowest BCUT2D eigenvalue weighted by Gasteiger charge is -2.08. The maximum absolute atomic E-state index is 10.7. The standard InChI is InChI=1S/C12H13N3O3/c1-2-9(16)6-12-10-5-8(15(17)18)3-4-11(10)13-7-14-12/h3-5,7,9,16H,2,6H2,1H3. The number of rotatable bonds is 4. The Balaban J connectivity index is 2.51. The summed E-state index contributed by atoms with van der Waals surface area (Å²) in [6.07, 6.45) is 1.89. The minimum Gasteiger partial charge on any atom is -0.393 e. The summed E-state index contributed by atoms with van der Waals surface area (Å²) in [5, 5.41) is 21.0. The Bertz CT molecular complexity index is 586. The molecule has 0 aliphatic rings. The molecular weight excluding hydrogens is 234 g/mol. The second kappa shape index (κ2) is 5.05. The van der Waals surface area contributed by atoms with Crippen LogP contribution in [0.3, 0.4) is 0 Å². The molecule has 18 heavy (non-hydrogen) atoms. The quantitative estimate of drug-likeness (QED) is 0.657. The van der Waals surface area contributed by atoms with E-state index in [0.29, 0.717) is 29.4 Å². The molecule has 0 saturated heterocycles. The van der Waals surface area contributed by atoms with Crippen LogP contribution in [-0.4, -0.2) is 26.1 Å². The fourth-order valence-corrected chi connectivity index (χ4v) is 1.74. The van der Waals surface area contributed by atoms with E-state index in [1.807, 2.05) is 6.92 Å². The van der Waals surface area contributed by atoms with Crippen LogP contribution in [0.1, 0.15) is 19.0 Å². The highest BCUT2D eigenvalue weighted by molar-refractivity contribution is 5.83. The molecule has 0 fully saturated rings. The summed E-state index contributed by atoms with van der Waals surface area (Å²) in [4.78, 5) is 18.5. The van der Waals surface area contributed by atoms with E-state index in [2.05, 4.69) is 9.97 Å². The van der Waals surface area contributed by atoms with Gasteiger partial charge in [0.15, 0.2) is 0 Å². The minimum atomic E-state index is -0.498. The van der Waals surface area contributed by atoms with Gasteiger partial charge in [0.25, 0.3) is 5.69 Å². The molecule has 1 unspecified atom stereocenters. The van der Waals surface area contributed by atoms with E-state index in [9.17, 15) is 15.2 Å². The van der Waals surface area contributed by atoms with Gasteiger partial charge in [0.1, 0.15) is 6.33 Å². The van der Waals surface area contributed by atoms with Crippen LogP contribution >= 0.6 is 0 Å². The number of aliphatic hydroxyl groups excluding tert-OH is 1. The number of fused-ring (bicyclic) bond motifs is 1. The van der Waals surface area contributed by atoms with Gasteiger partial charge in [-0.3, -0.25) is 10.1 Å². The molecule has 94 valence electrons. The van der Waals surface area contributed by atoms with Gasteiger partial charge in [0.05, 0.1) is 22.2 Å². The van der Waals surface area contributed by atoms with Crippen LogP contribution in [0.25, 0.3) is 10.9 Å². The summed E-state index contributed by atoms with van der Waals surface area (Å²) >= 11 is 0. The second-order valence-electron chi connectivity index (χ2n) is 4.05. The summed E-state index contributed by atoms with van der Waals surface area (Å²) in [6, 6.07) is 4.46. The van der Waals surface area contributed by atoms with E-state index in [4.69, 9.17) is 0 Å². The van der Waals surface area contributed by atoms with Crippen LogP contribution in [0.4, 0.5) is 5.69 Å². The topological polar surface area (TPSA) is 89.2 Å². The van der Waals surface area contributed by atoms with Crippen LogP contribution in [0, 0.1) is 10.1 Å². The van der Waals surface area contributed by atoms with Crippen molar-refractivity contribution in [3.8, 4) is 0 Å². The van der Waals surface area contributed by atoms with Crippen molar-refractivity contribution in [2.75, 3.05) is 0 Å². The molecule has 1 heterocycles. The molecule has 6 heteroatoms. The average molecular weight is 247 g/mol. The monoisotopic (exact) mass is 247 g/mol. The Morgan fingerprint density at radius 3 is 2.89 bits per heavy atom. The number of hydrogen-bond acceptors (Lipinski definition) is 5. The molecule has 0 spiro atoms. The van der Waals surface area contributed by atoms with E-state index in [1.54, 1.807) is 6.07 Å². The number of nitrogens with zero attached hydrogens (tertiary/aromatic N) is 3. The summed E-state index contributed by atoms with van der Waals surface area (Å²) in [6.45, 7) is 1.87. The van der Waals surface area contributed by atoms with E-state index in [-0.39, 0.29) is 5.69 Å². The number of hydrogen-bond donors (Lipinski definition) is 1. The number of aliphatic hydroxyl groups is 1. The van der Waals surface area contributed by atoms with Gasteiger partial charge < -0.3 is 5.11 Å². The Labute approximate surface area is 103 Å². The number of nitro groups is 1. The minimum absolute atomic E-state index is 0.00420. The van der Waals surface area contributed by atoms with Crippen molar-refractivity contribution in [1.29, 1.82) is 0 Å². The van der Waals surface area contributed by atoms with Crippen molar-refractivity contribution in [2.45, 2.75) is 25.9 Å². The first-order valence-corrected chi connectivity index (χ1v) is 5.68. The molecule has 1 N–H and O–H groups in total. The van der Waals surface area contributed by atoms with Gasteiger partial charge >= 0.3 is 0 Å². The van der Waals surface area contributed by atoms with Crippen molar-refractivity contribution in [3.63, 3.8) is 0 Å². The Kier molecular flexibility index (Phi) is 3.47. The van der Waals surface area contributed by atoms with E-state index < -0.39 is 11.0 Å². The highest BCUT2D eigenvalue weighted by Crippen LogP contribution is 2.22. The van der Waals surface area contributed by atoms with E-state index in [1.165, 1.54) is 18.5 Å². The molecule has 1 aromatic carbocycles. The van der Waals surface area contributed by atoms with Crippen LogP contribution in [0.15, 0.2) is 24.5 Å². The Morgan fingerprint density at radius 1 is 1.44 bits per heavy atom. The SMILES string of the molecule is CCC(O)Cc1ncnc2ccc([N+](=O)[O-])cc12. The zero-order chi connectivity index (χ0) is 13.1. The Morgan fingerprint density at radius 2 is 2.22 bits per heavy atom. The lowest BCUT2D eigenvalue weighted by Crippen LogP contribution is -2.10. The molecule has 0 aliphatic heterocycles. The van der Waals surface area contributed by atoms with Gasteiger partial charge in [0, 0.05) is 23.9 Å². The molecule has 0 aliphatic carbocycles. The smallest absolute Gasteiger partial charge is 0.270 e. The molecule has 0 radical (unpaired) electrons. The fraction of sp³-hybridized carbons (Fsp3) is 0.333. The van der Waals surface area contributed by atoms with Crippen LogP contribution < -0.4 is 0 Å². The highest BCUT2D eigenvalue weighted by Gasteiger charge is 2.12. The first-order valence-electron chi connectivity index (χ1n) is 5.68. The first-order chi connectivity index (χ1) is 8.61. The van der Waals surface area contributed by atoms with E-state index >= 15 is 0 Å². The van der Waals surface area contributed by atoms with Gasteiger partial charge in [-0.15, -0.1) is 0 Å². The zero-order valence-corrected chi connectivity index (χ0v) is 9.91. The molecule has 0 amide bonds. The third-order valence-electron chi connectivity index (χ3n) is 2.81. The molecule has 1 aromatic heterocycles. The van der Waals surface area contributed by atoms with Crippen molar-refractivity contribution >= 4 is 16.6 Å². The maximum Gasteiger partial charge on any atom is 0.270 e. The van der Waals surface area contributed by atoms with Crippen molar-refractivity contribution in [3.05, 3.63) is 40.3 Å². The van der Waals surface area contributed by atoms with E-state index in [0.717, 1.165) is 0 Å².